The first-order chi connectivity index (χ1) is 18.5. The third kappa shape index (κ3) is 6.23. The Morgan fingerprint density at radius 3 is 1.82 bits per heavy atom. The summed E-state index contributed by atoms with van der Waals surface area (Å²) in [6.45, 7) is 2.06. The van der Waals surface area contributed by atoms with Crippen LogP contribution in [0.5, 0.6) is 5.75 Å². The van der Waals surface area contributed by atoms with Gasteiger partial charge in [-0.25, -0.2) is 26.3 Å². The van der Waals surface area contributed by atoms with Crippen molar-refractivity contribution in [2.24, 2.45) is 0 Å². The van der Waals surface area contributed by atoms with Crippen LogP contribution in [0.15, 0.2) is 66.7 Å². The summed E-state index contributed by atoms with van der Waals surface area (Å²) in [6.07, 6.45) is -2.82. The van der Waals surface area contributed by atoms with Gasteiger partial charge in [-0.15, -0.1) is 0 Å². The van der Waals surface area contributed by atoms with E-state index < -0.39 is 57.9 Å². The molecule has 0 aromatic heterocycles. The zero-order valence-corrected chi connectivity index (χ0v) is 20.2. The number of aryl methyl sites for hydroxylation is 1. The highest BCUT2D eigenvalue weighted by atomic mass is 19.3. The van der Waals surface area contributed by atoms with E-state index in [1.54, 1.807) is 6.07 Å². The molecule has 0 heterocycles. The molecular formula is C30H18F8O. The van der Waals surface area contributed by atoms with Crippen molar-refractivity contribution >= 4 is 0 Å². The van der Waals surface area contributed by atoms with Gasteiger partial charge in [0, 0.05) is 17.7 Å². The van der Waals surface area contributed by atoms with Gasteiger partial charge >= 0.3 is 6.11 Å². The molecule has 0 aliphatic heterocycles. The molecule has 0 aliphatic rings. The van der Waals surface area contributed by atoms with Gasteiger partial charge in [0.2, 0.25) is 0 Å². The molecule has 4 rings (SSSR count). The van der Waals surface area contributed by atoms with E-state index in [4.69, 9.17) is 0 Å². The number of ether oxygens (including phenoxy) is 1. The second-order valence-electron chi connectivity index (χ2n) is 8.53. The molecular weight excluding hydrogens is 528 g/mol. The minimum atomic E-state index is -4.73. The van der Waals surface area contributed by atoms with Crippen molar-refractivity contribution in [2.45, 2.75) is 25.9 Å². The maximum Gasteiger partial charge on any atom is 0.432 e. The van der Waals surface area contributed by atoms with Crippen LogP contribution in [0, 0.1) is 46.7 Å². The monoisotopic (exact) mass is 546 g/mol. The molecule has 0 N–H and O–H groups in total. The molecule has 0 saturated heterocycles. The third-order valence-electron chi connectivity index (χ3n) is 5.67. The van der Waals surface area contributed by atoms with Crippen molar-refractivity contribution in [3.05, 3.63) is 124 Å². The fourth-order valence-corrected chi connectivity index (χ4v) is 3.80. The largest absolute Gasteiger partial charge is 0.432 e. The molecule has 0 bridgehead atoms. The summed E-state index contributed by atoms with van der Waals surface area (Å²) in [5.41, 5.74) is 0.169. The normalized spacial score (nSPS) is 11.2. The Kier molecular flexibility index (Phi) is 7.95. The Bertz CT molecular complexity index is 1540. The average Bonchev–Trinajstić information content (AvgIpc) is 2.86. The highest BCUT2D eigenvalue weighted by Gasteiger charge is 2.41. The lowest BCUT2D eigenvalue weighted by atomic mass is 10.0. The SMILES string of the molecule is CCCc1ccc(-c2ccc(C#Cc3cc(F)c(C(F)(F)Oc4cc(F)c(F)c(F)c4)c(F)c3)c(F)c2)cc1. The average molecular weight is 546 g/mol. The van der Waals surface area contributed by atoms with Crippen molar-refractivity contribution in [1.29, 1.82) is 0 Å². The molecule has 0 aliphatic carbocycles. The smallest absolute Gasteiger partial charge is 0.429 e. The highest BCUT2D eigenvalue weighted by molar-refractivity contribution is 5.65. The number of alkyl halides is 2. The van der Waals surface area contributed by atoms with Crippen LogP contribution < -0.4 is 4.74 Å². The van der Waals surface area contributed by atoms with Crippen molar-refractivity contribution in [3.8, 4) is 28.7 Å². The minimum absolute atomic E-state index is 0.0970. The number of hydrogen-bond donors (Lipinski definition) is 0. The van der Waals surface area contributed by atoms with Crippen LogP contribution in [0.4, 0.5) is 35.1 Å². The quantitative estimate of drug-likeness (QED) is 0.134. The fraction of sp³-hybridized carbons (Fsp3) is 0.133. The standard InChI is InChI=1S/C30H18F8O/c1-2-3-17-4-7-19(8-5-17)21-11-10-20(23(31)14-21)9-6-18-12-24(32)28(25(33)13-18)30(37,38)39-22-15-26(34)29(36)27(35)16-22/h4-5,7-8,10-16H,2-3H2,1H3. The lowest BCUT2D eigenvalue weighted by molar-refractivity contribution is -0.189. The number of halogens is 8. The molecule has 39 heavy (non-hydrogen) atoms. The molecule has 0 atom stereocenters. The number of rotatable bonds is 6. The van der Waals surface area contributed by atoms with Gasteiger partial charge in [0.1, 0.15) is 28.8 Å². The Morgan fingerprint density at radius 2 is 1.26 bits per heavy atom. The van der Waals surface area contributed by atoms with Gasteiger partial charge in [-0.05, 0) is 47.4 Å². The molecule has 0 unspecified atom stereocenters. The van der Waals surface area contributed by atoms with Crippen molar-refractivity contribution in [3.63, 3.8) is 0 Å². The van der Waals surface area contributed by atoms with Gasteiger partial charge < -0.3 is 4.74 Å². The summed E-state index contributed by atoms with van der Waals surface area (Å²) in [7, 11) is 0. The maximum absolute atomic E-state index is 14.7. The second kappa shape index (κ2) is 11.2. The highest BCUT2D eigenvalue weighted by Crippen LogP contribution is 2.36. The van der Waals surface area contributed by atoms with Gasteiger partial charge in [0.05, 0.1) is 5.56 Å². The molecule has 200 valence electrons. The zero-order valence-electron chi connectivity index (χ0n) is 20.2. The van der Waals surface area contributed by atoms with E-state index in [1.165, 1.54) is 12.1 Å². The Hall–Kier alpha value is -4.32. The predicted octanol–water partition coefficient (Wildman–Crippen LogP) is 8.67. The maximum atomic E-state index is 14.7. The Morgan fingerprint density at radius 1 is 0.667 bits per heavy atom. The molecule has 0 saturated carbocycles. The first kappa shape index (κ1) is 27.7. The summed E-state index contributed by atoms with van der Waals surface area (Å²) < 4.78 is 116. The minimum Gasteiger partial charge on any atom is -0.429 e. The van der Waals surface area contributed by atoms with Crippen LogP contribution in [0.3, 0.4) is 0 Å². The van der Waals surface area contributed by atoms with E-state index in [9.17, 15) is 35.1 Å². The topological polar surface area (TPSA) is 9.23 Å². The number of benzene rings is 4. The van der Waals surface area contributed by atoms with Gasteiger partial charge in [0.15, 0.2) is 17.5 Å². The zero-order chi connectivity index (χ0) is 28.3. The predicted molar refractivity (Wildman–Crippen MR) is 129 cm³/mol. The fourth-order valence-electron chi connectivity index (χ4n) is 3.80. The Labute approximate surface area is 218 Å². The van der Waals surface area contributed by atoms with Gasteiger partial charge in [0.25, 0.3) is 0 Å². The molecule has 9 heteroatoms. The van der Waals surface area contributed by atoms with Gasteiger partial charge in [-0.3, -0.25) is 0 Å². The molecule has 0 fully saturated rings. The van der Waals surface area contributed by atoms with Crippen LogP contribution in [0.25, 0.3) is 11.1 Å². The van der Waals surface area contributed by atoms with Crippen molar-refractivity contribution in [2.75, 3.05) is 0 Å². The molecule has 0 spiro atoms. The van der Waals surface area contributed by atoms with E-state index in [2.05, 4.69) is 23.5 Å². The summed E-state index contributed by atoms with van der Waals surface area (Å²) in [6, 6.07) is 13.0. The van der Waals surface area contributed by atoms with E-state index in [-0.39, 0.29) is 17.7 Å². The van der Waals surface area contributed by atoms with Gasteiger partial charge in [-0.1, -0.05) is 55.5 Å². The van der Waals surface area contributed by atoms with Crippen molar-refractivity contribution in [1.82, 2.24) is 0 Å². The summed E-state index contributed by atoms with van der Waals surface area (Å²) in [5.74, 6) is -6.34. The first-order valence-corrected chi connectivity index (χ1v) is 11.6. The van der Waals surface area contributed by atoms with Gasteiger partial charge in [-0.2, -0.15) is 8.78 Å². The molecule has 0 radical (unpaired) electrons. The summed E-state index contributed by atoms with van der Waals surface area (Å²) in [4.78, 5) is 0. The second-order valence-corrected chi connectivity index (χ2v) is 8.53. The molecule has 4 aromatic carbocycles. The van der Waals surface area contributed by atoms with Crippen LogP contribution in [-0.4, -0.2) is 0 Å². The van der Waals surface area contributed by atoms with E-state index in [0.717, 1.165) is 24.0 Å². The van der Waals surface area contributed by atoms with Crippen molar-refractivity contribution < 1.29 is 39.9 Å². The molecule has 1 nitrogen and oxygen atoms in total. The van der Waals surface area contributed by atoms with Crippen LogP contribution in [-0.2, 0) is 12.5 Å². The third-order valence-corrected chi connectivity index (χ3v) is 5.67. The van der Waals surface area contributed by atoms with Crippen LogP contribution >= 0.6 is 0 Å². The summed E-state index contributed by atoms with van der Waals surface area (Å²) in [5, 5.41) is 0. The lowest BCUT2D eigenvalue weighted by Crippen LogP contribution is -2.25. The lowest BCUT2D eigenvalue weighted by Gasteiger charge is -2.19. The number of hydrogen-bond acceptors (Lipinski definition) is 1. The first-order valence-electron chi connectivity index (χ1n) is 11.6. The van der Waals surface area contributed by atoms with Crippen LogP contribution in [0.2, 0.25) is 0 Å². The van der Waals surface area contributed by atoms with E-state index >= 15 is 0 Å². The van der Waals surface area contributed by atoms with E-state index in [0.29, 0.717) is 17.7 Å². The molecule has 4 aromatic rings. The summed E-state index contributed by atoms with van der Waals surface area (Å²) >= 11 is 0. The van der Waals surface area contributed by atoms with Crippen LogP contribution in [0.1, 0.15) is 35.6 Å². The van der Waals surface area contributed by atoms with E-state index in [1.807, 2.05) is 24.3 Å². The molecule has 0 amide bonds. The Balaban J connectivity index is 1.56.